The smallest absolute Gasteiger partial charge is 0.336 e. The highest BCUT2D eigenvalue weighted by Gasteiger charge is 2.21. The number of hydrogen-bond donors (Lipinski definition) is 2. The molecule has 0 aliphatic rings. The first-order chi connectivity index (χ1) is 9.93. The van der Waals surface area contributed by atoms with Gasteiger partial charge in [-0.05, 0) is 29.7 Å². The second kappa shape index (κ2) is 6.01. The largest absolute Gasteiger partial charge is 0.478 e. The molecule has 0 saturated carbocycles. The molecule has 0 saturated heterocycles. The molecule has 2 aromatic rings. The van der Waals surface area contributed by atoms with Gasteiger partial charge in [0.2, 0.25) is 0 Å². The van der Waals surface area contributed by atoms with E-state index in [0.717, 1.165) is 18.1 Å². The summed E-state index contributed by atoms with van der Waals surface area (Å²) in [6.07, 6.45) is -0.515. The first-order valence-electron chi connectivity index (χ1n) is 6.43. The maximum absolute atomic E-state index is 13.3. The summed E-state index contributed by atoms with van der Waals surface area (Å²) in [4.78, 5) is 11.1. The van der Waals surface area contributed by atoms with Gasteiger partial charge >= 0.3 is 5.97 Å². The molecule has 110 valence electrons. The van der Waals surface area contributed by atoms with Crippen LogP contribution in [0.4, 0.5) is 8.78 Å². The quantitative estimate of drug-likeness (QED) is 0.909. The van der Waals surface area contributed by atoms with Gasteiger partial charge in [0.15, 0.2) is 11.6 Å². The Morgan fingerprint density at radius 2 is 1.71 bits per heavy atom. The number of hydrogen-bond acceptors (Lipinski definition) is 2. The van der Waals surface area contributed by atoms with Crippen molar-refractivity contribution in [1.82, 2.24) is 0 Å². The molecular weight excluding hydrogens is 278 g/mol. The van der Waals surface area contributed by atoms with E-state index in [4.69, 9.17) is 5.11 Å². The van der Waals surface area contributed by atoms with Crippen LogP contribution in [0.1, 0.15) is 40.1 Å². The number of carbonyl (C=O) groups is 1. The van der Waals surface area contributed by atoms with Crippen molar-refractivity contribution >= 4 is 5.97 Å². The topological polar surface area (TPSA) is 57.5 Å². The first kappa shape index (κ1) is 15.1. The Bertz CT molecular complexity index is 666. The zero-order valence-corrected chi connectivity index (χ0v) is 11.3. The van der Waals surface area contributed by atoms with Gasteiger partial charge < -0.3 is 10.2 Å². The van der Waals surface area contributed by atoms with E-state index in [9.17, 15) is 18.7 Å². The van der Waals surface area contributed by atoms with Crippen LogP contribution in [0.2, 0.25) is 0 Å². The number of aliphatic hydroxyl groups is 1. The van der Waals surface area contributed by atoms with Crippen LogP contribution >= 0.6 is 0 Å². The zero-order valence-electron chi connectivity index (χ0n) is 11.3. The van der Waals surface area contributed by atoms with Crippen LogP contribution in [0.5, 0.6) is 0 Å². The van der Waals surface area contributed by atoms with Crippen LogP contribution in [-0.4, -0.2) is 16.2 Å². The normalized spacial score (nSPS) is 12.2. The molecule has 0 amide bonds. The summed E-state index contributed by atoms with van der Waals surface area (Å²) in [6, 6.07) is 8.15. The molecule has 2 N–H and O–H groups in total. The van der Waals surface area contributed by atoms with Gasteiger partial charge in [-0.25, -0.2) is 13.6 Å². The number of aryl methyl sites for hydroxylation is 1. The van der Waals surface area contributed by atoms with Gasteiger partial charge in [-0.15, -0.1) is 0 Å². The maximum atomic E-state index is 13.3. The lowest BCUT2D eigenvalue weighted by atomic mass is 9.95. The molecule has 2 aromatic carbocycles. The Morgan fingerprint density at radius 3 is 2.24 bits per heavy atom. The lowest BCUT2D eigenvalue weighted by molar-refractivity contribution is 0.0690. The highest BCUT2D eigenvalue weighted by Crippen LogP contribution is 2.27. The summed E-state index contributed by atoms with van der Waals surface area (Å²) < 4.78 is 26.5. The molecule has 0 aliphatic heterocycles. The maximum Gasteiger partial charge on any atom is 0.336 e. The second-order valence-corrected chi connectivity index (χ2v) is 4.66. The molecule has 0 radical (unpaired) electrons. The molecular formula is C16H14F2O3. The van der Waals surface area contributed by atoms with Gasteiger partial charge in [0.05, 0.1) is 5.56 Å². The third-order valence-electron chi connectivity index (χ3n) is 3.32. The molecule has 5 heteroatoms. The third-order valence-corrected chi connectivity index (χ3v) is 3.32. The van der Waals surface area contributed by atoms with Crippen molar-refractivity contribution in [2.45, 2.75) is 19.4 Å². The number of rotatable bonds is 4. The van der Waals surface area contributed by atoms with Crippen molar-refractivity contribution < 1.29 is 23.8 Å². The number of benzene rings is 2. The van der Waals surface area contributed by atoms with Crippen molar-refractivity contribution in [2.75, 3.05) is 0 Å². The van der Waals surface area contributed by atoms with Gasteiger partial charge in [-0.3, -0.25) is 0 Å². The second-order valence-electron chi connectivity index (χ2n) is 4.66. The Labute approximate surface area is 120 Å². The average Bonchev–Trinajstić information content (AvgIpc) is 2.48. The minimum absolute atomic E-state index is 0.175. The summed E-state index contributed by atoms with van der Waals surface area (Å²) >= 11 is 0. The van der Waals surface area contributed by atoms with Crippen LogP contribution in [0.3, 0.4) is 0 Å². The molecule has 0 heterocycles. The van der Waals surface area contributed by atoms with Gasteiger partial charge in [0, 0.05) is 5.56 Å². The van der Waals surface area contributed by atoms with E-state index < -0.39 is 29.3 Å². The molecule has 3 nitrogen and oxygen atoms in total. The minimum atomic E-state index is -1.42. The molecule has 21 heavy (non-hydrogen) atoms. The highest BCUT2D eigenvalue weighted by molar-refractivity contribution is 5.89. The fraction of sp³-hybridized carbons (Fsp3) is 0.188. The summed E-state index contributed by atoms with van der Waals surface area (Å²) in [5.41, 5.74) is 0.835. The van der Waals surface area contributed by atoms with Crippen molar-refractivity contribution in [3.8, 4) is 0 Å². The van der Waals surface area contributed by atoms with Crippen LogP contribution in [0.25, 0.3) is 0 Å². The molecule has 0 aliphatic carbocycles. The van der Waals surface area contributed by atoms with E-state index >= 15 is 0 Å². The van der Waals surface area contributed by atoms with Crippen molar-refractivity contribution in [2.24, 2.45) is 0 Å². The zero-order chi connectivity index (χ0) is 15.6. The fourth-order valence-electron chi connectivity index (χ4n) is 2.09. The summed E-state index contributed by atoms with van der Waals surface area (Å²) in [5, 5.41) is 19.3. The number of carboxylic acids is 1. The van der Waals surface area contributed by atoms with Crippen molar-refractivity contribution in [3.05, 3.63) is 70.3 Å². The van der Waals surface area contributed by atoms with Crippen molar-refractivity contribution in [1.29, 1.82) is 0 Å². The van der Waals surface area contributed by atoms with E-state index in [1.165, 1.54) is 0 Å². The van der Waals surface area contributed by atoms with Gasteiger partial charge in [0.1, 0.15) is 6.10 Å². The molecule has 2 rings (SSSR count). The third kappa shape index (κ3) is 3.08. The Hall–Kier alpha value is -2.27. The number of carboxylic acid groups (broad SMARTS) is 1. The van der Waals surface area contributed by atoms with E-state index in [1.54, 1.807) is 24.3 Å². The van der Waals surface area contributed by atoms with E-state index in [-0.39, 0.29) is 5.56 Å². The van der Waals surface area contributed by atoms with Crippen LogP contribution in [-0.2, 0) is 6.42 Å². The summed E-state index contributed by atoms with van der Waals surface area (Å²) in [7, 11) is 0. The monoisotopic (exact) mass is 292 g/mol. The summed E-state index contributed by atoms with van der Waals surface area (Å²) in [5.74, 6) is -3.88. The van der Waals surface area contributed by atoms with Gasteiger partial charge in [-0.2, -0.15) is 0 Å². The van der Waals surface area contributed by atoms with Crippen LogP contribution < -0.4 is 0 Å². The number of aliphatic hydroxyl groups excluding tert-OH is 1. The summed E-state index contributed by atoms with van der Waals surface area (Å²) in [6.45, 7) is 1.98. The molecule has 0 fully saturated rings. The highest BCUT2D eigenvalue weighted by atomic mass is 19.2. The molecule has 0 aromatic heterocycles. The standard InChI is InChI=1S/C16H14F2O3/c1-2-9-3-5-10(6-4-9)15(19)11-7-13(17)14(18)8-12(11)16(20)21/h3-8,15,19H,2H2,1H3,(H,20,21). The predicted molar refractivity (Wildman–Crippen MR) is 73.2 cm³/mol. The molecule has 0 spiro atoms. The molecule has 0 bridgehead atoms. The van der Waals surface area contributed by atoms with E-state index in [0.29, 0.717) is 11.6 Å². The average molecular weight is 292 g/mol. The van der Waals surface area contributed by atoms with Gasteiger partial charge in [0.25, 0.3) is 0 Å². The lowest BCUT2D eigenvalue weighted by Gasteiger charge is -2.15. The van der Waals surface area contributed by atoms with Crippen molar-refractivity contribution in [3.63, 3.8) is 0 Å². The lowest BCUT2D eigenvalue weighted by Crippen LogP contribution is -2.10. The van der Waals surface area contributed by atoms with E-state index in [1.807, 2.05) is 6.92 Å². The van der Waals surface area contributed by atoms with Crippen LogP contribution in [0, 0.1) is 11.6 Å². The number of halogens is 2. The van der Waals surface area contributed by atoms with Crippen LogP contribution in [0.15, 0.2) is 36.4 Å². The number of aromatic carboxylic acids is 1. The Morgan fingerprint density at radius 1 is 1.14 bits per heavy atom. The fourth-order valence-corrected chi connectivity index (χ4v) is 2.09. The minimum Gasteiger partial charge on any atom is -0.478 e. The molecule has 1 atom stereocenters. The Balaban J connectivity index is 2.48. The first-order valence-corrected chi connectivity index (χ1v) is 6.43. The predicted octanol–water partition coefficient (Wildman–Crippen LogP) is 3.31. The van der Waals surface area contributed by atoms with E-state index in [2.05, 4.69) is 0 Å². The van der Waals surface area contributed by atoms with Gasteiger partial charge in [-0.1, -0.05) is 31.2 Å². The Kier molecular flexibility index (Phi) is 4.33. The SMILES string of the molecule is CCc1ccc(C(O)c2cc(F)c(F)cc2C(=O)O)cc1. The molecule has 1 unspecified atom stereocenters.